The highest BCUT2D eigenvalue weighted by atomic mass is 35.5. The Balaban J connectivity index is 0.00000225. The van der Waals surface area contributed by atoms with E-state index in [2.05, 4.69) is 10.6 Å². The van der Waals surface area contributed by atoms with Gasteiger partial charge in [0, 0.05) is 20.2 Å². The van der Waals surface area contributed by atoms with Gasteiger partial charge in [-0.2, -0.15) is 0 Å². The molecule has 0 aromatic heterocycles. The lowest BCUT2D eigenvalue weighted by atomic mass is 10.2. The van der Waals surface area contributed by atoms with Gasteiger partial charge in [-0.15, -0.1) is 12.4 Å². The average Bonchev–Trinajstić information content (AvgIpc) is 2.48. The molecule has 1 rings (SSSR count). The molecule has 2 unspecified atom stereocenters. The minimum Gasteiger partial charge on any atom is -0.444 e. The van der Waals surface area contributed by atoms with E-state index in [1.807, 2.05) is 20.8 Å². The van der Waals surface area contributed by atoms with Crippen LogP contribution in [0.1, 0.15) is 20.8 Å². The van der Waals surface area contributed by atoms with Gasteiger partial charge in [0.1, 0.15) is 5.60 Å². The second-order valence-corrected chi connectivity index (χ2v) is 4.69. The predicted octanol–water partition coefficient (Wildman–Crippen LogP) is 0.920. The number of halogens is 1. The van der Waals surface area contributed by atoms with Gasteiger partial charge < -0.3 is 20.1 Å². The number of carbonyl (C=O) groups excluding carboxylic acids is 1. The van der Waals surface area contributed by atoms with Crippen LogP contribution in [-0.2, 0) is 9.47 Å². The van der Waals surface area contributed by atoms with Crippen LogP contribution in [0.4, 0.5) is 4.79 Å². The van der Waals surface area contributed by atoms with E-state index in [1.54, 1.807) is 7.11 Å². The van der Waals surface area contributed by atoms with Crippen molar-refractivity contribution in [3.05, 3.63) is 0 Å². The van der Waals surface area contributed by atoms with Crippen molar-refractivity contribution in [1.29, 1.82) is 0 Å². The second kappa shape index (κ2) is 6.27. The molecule has 0 aromatic carbocycles. The summed E-state index contributed by atoms with van der Waals surface area (Å²) in [7, 11) is 1.64. The highest BCUT2D eigenvalue weighted by Gasteiger charge is 2.29. The molecule has 0 aliphatic carbocycles. The first-order valence-corrected chi connectivity index (χ1v) is 5.15. The van der Waals surface area contributed by atoms with Crippen molar-refractivity contribution in [2.45, 2.75) is 38.5 Å². The molecule has 1 aliphatic heterocycles. The summed E-state index contributed by atoms with van der Waals surface area (Å²) in [5, 5.41) is 5.93. The van der Waals surface area contributed by atoms with Crippen LogP contribution in [0.5, 0.6) is 0 Å². The van der Waals surface area contributed by atoms with Gasteiger partial charge in [0.15, 0.2) is 0 Å². The molecule has 2 N–H and O–H groups in total. The Labute approximate surface area is 103 Å². The maximum Gasteiger partial charge on any atom is 0.408 e. The molecule has 2 atom stereocenters. The van der Waals surface area contributed by atoms with E-state index in [4.69, 9.17) is 9.47 Å². The predicted molar refractivity (Wildman–Crippen MR) is 64.1 cm³/mol. The van der Waals surface area contributed by atoms with E-state index in [0.29, 0.717) is 0 Å². The second-order valence-electron chi connectivity index (χ2n) is 4.69. The molecule has 6 heteroatoms. The molecular weight excluding hydrogens is 232 g/mol. The molecule has 16 heavy (non-hydrogen) atoms. The van der Waals surface area contributed by atoms with E-state index in [1.165, 1.54) is 0 Å². The zero-order chi connectivity index (χ0) is 11.5. The molecule has 0 bridgehead atoms. The molecule has 1 heterocycles. The minimum atomic E-state index is -0.460. The van der Waals surface area contributed by atoms with Crippen LogP contribution >= 0.6 is 12.4 Å². The van der Waals surface area contributed by atoms with Crippen LogP contribution < -0.4 is 10.6 Å². The van der Waals surface area contributed by atoms with Crippen LogP contribution in [0.15, 0.2) is 0 Å². The van der Waals surface area contributed by atoms with Gasteiger partial charge in [-0.1, -0.05) is 0 Å². The minimum absolute atomic E-state index is 0. The maximum atomic E-state index is 11.5. The van der Waals surface area contributed by atoms with E-state index in [9.17, 15) is 4.79 Å². The largest absolute Gasteiger partial charge is 0.444 e. The number of nitrogens with one attached hydrogen (secondary N) is 2. The first-order chi connectivity index (χ1) is 6.92. The number of ether oxygens (including phenoxy) is 2. The van der Waals surface area contributed by atoms with Crippen molar-refractivity contribution in [1.82, 2.24) is 10.6 Å². The fourth-order valence-electron chi connectivity index (χ4n) is 1.51. The van der Waals surface area contributed by atoms with Crippen molar-refractivity contribution in [2.24, 2.45) is 0 Å². The summed E-state index contributed by atoms with van der Waals surface area (Å²) in [4.78, 5) is 11.5. The topological polar surface area (TPSA) is 59.6 Å². The third-order valence-electron chi connectivity index (χ3n) is 2.16. The number of hydrogen-bond donors (Lipinski definition) is 2. The molecule has 5 nitrogen and oxygen atoms in total. The van der Waals surface area contributed by atoms with Gasteiger partial charge in [0.25, 0.3) is 0 Å². The van der Waals surface area contributed by atoms with Gasteiger partial charge in [0.05, 0.1) is 12.1 Å². The lowest BCUT2D eigenvalue weighted by molar-refractivity contribution is 0.0417. The van der Waals surface area contributed by atoms with Crippen molar-refractivity contribution in [3.8, 4) is 0 Å². The summed E-state index contributed by atoms with van der Waals surface area (Å²) >= 11 is 0. The molecule has 1 aliphatic rings. The van der Waals surface area contributed by atoms with Crippen molar-refractivity contribution in [3.63, 3.8) is 0 Å². The van der Waals surface area contributed by atoms with Crippen LogP contribution in [0.2, 0.25) is 0 Å². The normalized spacial score (nSPS) is 24.8. The Bertz CT molecular complexity index is 231. The monoisotopic (exact) mass is 252 g/mol. The summed E-state index contributed by atoms with van der Waals surface area (Å²) in [5.41, 5.74) is -0.460. The summed E-state index contributed by atoms with van der Waals surface area (Å²) in [6.45, 7) is 7.00. The third kappa shape index (κ3) is 5.01. The van der Waals surface area contributed by atoms with Crippen LogP contribution in [0.25, 0.3) is 0 Å². The van der Waals surface area contributed by atoms with Gasteiger partial charge in [-0.3, -0.25) is 0 Å². The lowest BCUT2D eigenvalue weighted by Crippen LogP contribution is -2.45. The number of rotatable bonds is 2. The number of hydrogen-bond acceptors (Lipinski definition) is 4. The first kappa shape index (κ1) is 15.5. The molecule has 0 radical (unpaired) electrons. The van der Waals surface area contributed by atoms with Crippen LogP contribution in [-0.4, -0.2) is 44.0 Å². The molecule has 1 fully saturated rings. The first-order valence-electron chi connectivity index (χ1n) is 5.15. The van der Waals surface area contributed by atoms with Gasteiger partial charge in [0.2, 0.25) is 0 Å². The molecule has 0 spiro atoms. The Kier molecular flexibility index (Phi) is 6.07. The Morgan fingerprint density at radius 1 is 1.38 bits per heavy atom. The zero-order valence-corrected chi connectivity index (χ0v) is 11.0. The standard InChI is InChI=1S/C10H20N2O3.ClH/c1-10(2,3)15-9(13)12-7-5-11-6-8(7)14-4;/h7-8,11H,5-6H2,1-4H3,(H,12,13);1H. The van der Waals surface area contributed by atoms with E-state index in [-0.39, 0.29) is 24.6 Å². The van der Waals surface area contributed by atoms with Crippen LogP contribution in [0.3, 0.4) is 0 Å². The van der Waals surface area contributed by atoms with E-state index < -0.39 is 11.7 Å². The molecule has 1 amide bonds. The number of methoxy groups -OCH3 is 1. The maximum absolute atomic E-state index is 11.5. The lowest BCUT2D eigenvalue weighted by Gasteiger charge is -2.23. The quantitative estimate of drug-likeness (QED) is 0.767. The van der Waals surface area contributed by atoms with E-state index in [0.717, 1.165) is 13.1 Å². The molecule has 96 valence electrons. The summed E-state index contributed by atoms with van der Waals surface area (Å²) in [5.74, 6) is 0. The summed E-state index contributed by atoms with van der Waals surface area (Å²) in [6, 6.07) is -0.00940. The SMILES string of the molecule is COC1CNCC1NC(=O)OC(C)(C)C.Cl. The van der Waals surface area contributed by atoms with Gasteiger partial charge >= 0.3 is 6.09 Å². The van der Waals surface area contributed by atoms with Gasteiger partial charge in [-0.05, 0) is 20.8 Å². The molecule has 0 aromatic rings. The third-order valence-corrected chi connectivity index (χ3v) is 2.16. The van der Waals surface area contributed by atoms with Crippen LogP contribution in [0, 0.1) is 0 Å². The zero-order valence-electron chi connectivity index (χ0n) is 10.2. The Morgan fingerprint density at radius 3 is 2.50 bits per heavy atom. The van der Waals surface area contributed by atoms with Crippen molar-refractivity contribution >= 4 is 18.5 Å². The summed E-state index contributed by atoms with van der Waals surface area (Å²) in [6.07, 6.45) is -0.365. The number of amides is 1. The highest BCUT2D eigenvalue weighted by molar-refractivity contribution is 5.85. The fourth-order valence-corrected chi connectivity index (χ4v) is 1.51. The molecule has 0 saturated carbocycles. The van der Waals surface area contributed by atoms with Crippen molar-refractivity contribution in [2.75, 3.05) is 20.2 Å². The number of alkyl carbamates (subject to hydrolysis) is 1. The smallest absolute Gasteiger partial charge is 0.408 e. The van der Waals surface area contributed by atoms with Gasteiger partial charge in [-0.25, -0.2) is 4.79 Å². The average molecular weight is 253 g/mol. The fraction of sp³-hybridized carbons (Fsp3) is 0.900. The number of carbonyl (C=O) groups is 1. The summed E-state index contributed by atoms with van der Waals surface area (Å²) < 4.78 is 10.4. The highest BCUT2D eigenvalue weighted by Crippen LogP contribution is 2.09. The van der Waals surface area contributed by atoms with Crippen molar-refractivity contribution < 1.29 is 14.3 Å². The van der Waals surface area contributed by atoms with E-state index >= 15 is 0 Å². The Hall–Kier alpha value is -0.520. The Morgan fingerprint density at radius 2 is 2.00 bits per heavy atom. The molecular formula is C10H21ClN2O3. The molecule has 1 saturated heterocycles.